The van der Waals surface area contributed by atoms with Crippen LogP contribution in [0.25, 0.3) is 0 Å². The highest BCUT2D eigenvalue weighted by atomic mass is 79.9. The first-order valence-corrected chi connectivity index (χ1v) is 5.16. The Kier molecular flexibility index (Phi) is 3.66. The molecule has 14 heavy (non-hydrogen) atoms. The van der Waals surface area contributed by atoms with E-state index in [1.807, 2.05) is 16.8 Å². The van der Waals surface area contributed by atoms with Crippen molar-refractivity contribution in [3.63, 3.8) is 0 Å². The molecule has 1 aliphatic heterocycles. The lowest BCUT2D eigenvalue weighted by Gasteiger charge is -2.24. The summed E-state index contributed by atoms with van der Waals surface area (Å²) in [5.41, 5.74) is 0.747. The van der Waals surface area contributed by atoms with E-state index in [9.17, 15) is 4.79 Å². The van der Waals surface area contributed by atoms with Crippen LogP contribution >= 0.6 is 29.4 Å². The van der Waals surface area contributed by atoms with Crippen molar-refractivity contribution in [3.8, 4) is 0 Å². The Morgan fingerprint density at radius 2 is 2.43 bits per heavy atom. The van der Waals surface area contributed by atoms with Crippen molar-refractivity contribution in [2.75, 3.05) is 0 Å². The van der Waals surface area contributed by atoms with Crippen LogP contribution in [0.2, 0.25) is 0 Å². The second-order valence-corrected chi connectivity index (χ2v) is 4.19. The van der Waals surface area contributed by atoms with Gasteiger partial charge < -0.3 is 9.88 Å². The molecule has 0 saturated carbocycles. The first kappa shape index (κ1) is 11.7. The summed E-state index contributed by atoms with van der Waals surface area (Å²) in [6, 6.07) is 2.13. The maximum Gasteiger partial charge on any atom is 0.268 e. The summed E-state index contributed by atoms with van der Waals surface area (Å²) in [6.45, 7) is 2.96. The third-order valence-corrected chi connectivity index (χ3v) is 2.77. The molecule has 0 radical (unpaired) electrons. The Balaban J connectivity index is 0.000000980. The number of nitrogens with one attached hydrogen (secondary N) is 1. The first-order valence-electron chi connectivity index (χ1n) is 4.37. The number of rotatable bonds is 1. The maximum atomic E-state index is 11.5. The molecular formula is C9H13BrN2OS. The number of halogens is 1. The van der Waals surface area contributed by atoms with Gasteiger partial charge in [0.05, 0.1) is 0 Å². The summed E-state index contributed by atoms with van der Waals surface area (Å²) in [4.78, 5) is 11.5. The lowest BCUT2D eigenvalue weighted by atomic mass is 10.2. The van der Waals surface area contributed by atoms with Crippen LogP contribution in [0.5, 0.6) is 0 Å². The van der Waals surface area contributed by atoms with Crippen molar-refractivity contribution in [2.24, 2.45) is 0 Å². The van der Waals surface area contributed by atoms with Crippen molar-refractivity contribution in [2.45, 2.75) is 25.9 Å². The number of fused-ring (bicyclic) bond motifs is 1. The number of carbonyl (C=O) groups excluding carboxylic acids is 1. The molecule has 1 aromatic rings. The predicted molar refractivity (Wildman–Crippen MR) is 64.1 cm³/mol. The van der Waals surface area contributed by atoms with E-state index in [2.05, 4.69) is 28.2 Å². The Morgan fingerprint density at radius 3 is 3.07 bits per heavy atom. The molecule has 78 valence electrons. The highest BCUT2D eigenvalue weighted by Crippen LogP contribution is 2.18. The second kappa shape index (κ2) is 4.40. The van der Waals surface area contributed by atoms with Gasteiger partial charge in [-0.05, 0) is 28.4 Å². The fraction of sp³-hybridized carbons (Fsp3) is 0.444. The van der Waals surface area contributed by atoms with Crippen LogP contribution in [0.1, 0.15) is 23.8 Å². The molecule has 0 aliphatic carbocycles. The van der Waals surface area contributed by atoms with Gasteiger partial charge in [-0.1, -0.05) is 6.92 Å². The van der Waals surface area contributed by atoms with E-state index in [4.69, 9.17) is 0 Å². The molecule has 1 atom stereocenters. The maximum absolute atomic E-state index is 11.5. The van der Waals surface area contributed by atoms with E-state index in [0.29, 0.717) is 0 Å². The minimum Gasteiger partial charge on any atom is -0.346 e. The minimum absolute atomic E-state index is 0. The Bertz CT molecular complexity index is 351. The average molecular weight is 277 g/mol. The number of carbonyl (C=O) groups is 1. The molecule has 2 heterocycles. The van der Waals surface area contributed by atoms with Crippen LogP contribution in [0.4, 0.5) is 0 Å². The first-order chi connectivity index (χ1) is 6.20. The zero-order chi connectivity index (χ0) is 9.42. The molecule has 1 amide bonds. The Labute approximate surface area is 98.4 Å². The topological polar surface area (TPSA) is 34.0 Å². The SMILES string of the molecule is CC[C@H]1Cn2cc(Br)cc2C(=O)N1.S. The number of hydrogen-bond acceptors (Lipinski definition) is 1. The number of aromatic nitrogens is 1. The zero-order valence-corrected chi connectivity index (χ0v) is 10.5. The van der Waals surface area contributed by atoms with E-state index in [0.717, 1.165) is 23.1 Å². The standard InChI is InChI=1S/C9H11BrN2O.H2S/c1-2-7-5-12-4-6(10)3-8(12)9(13)11-7;/h3-4,7H,2,5H2,1H3,(H,11,13);1H2/t7-;/m0./s1. The highest BCUT2D eigenvalue weighted by molar-refractivity contribution is 9.10. The van der Waals surface area contributed by atoms with Gasteiger partial charge in [-0.25, -0.2) is 0 Å². The van der Waals surface area contributed by atoms with Crippen LogP contribution in [-0.2, 0) is 6.54 Å². The summed E-state index contributed by atoms with van der Waals surface area (Å²) in [5.74, 6) is 0.0313. The average Bonchev–Trinajstić information content (AvgIpc) is 2.46. The van der Waals surface area contributed by atoms with Crippen molar-refractivity contribution >= 4 is 35.3 Å². The molecule has 1 aliphatic rings. The van der Waals surface area contributed by atoms with Crippen LogP contribution < -0.4 is 5.32 Å². The normalized spacial score (nSPS) is 19.6. The number of amides is 1. The van der Waals surface area contributed by atoms with Gasteiger partial charge in [0.15, 0.2) is 0 Å². The zero-order valence-electron chi connectivity index (χ0n) is 7.88. The smallest absolute Gasteiger partial charge is 0.268 e. The van der Waals surface area contributed by atoms with Gasteiger partial charge in [-0.15, -0.1) is 0 Å². The van der Waals surface area contributed by atoms with Gasteiger partial charge in [-0.2, -0.15) is 13.5 Å². The predicted octanol–water partition coefficient (Wildman–Crippen LogP) is 1.89. The summed E-state index contributed by atoms with van der Waals surface area (Å²) in [6.07, 6.45) is 2.93. The molecule has 0 bridgehead atoms. The number of nitrogens with zero attached hydrogens (tertiary/aromatic N) is 1. The minimum atomic E-state index is 0. The van der Waals surface area contributed by atoms with E-state index < -0.39 is 0 Å². The van der Waals surface area contributed by atoms with E-state index in [-0.39, 0.29) is 25.4 Å². The fourth-order valence-electron chi connectivity index (χ4n) is 1.59. The highest BCUT2D eigenvalue weighted by Gasteiger charge is 2.22. The molecule has 1 N–H and O–H groups in total. The third kappa shape index (κ3) is 1.98. The van der Waals surface area contributed by atoms with Crippen LogP contribution in [-0.4, -0.2) is 16.5 Å². The van der Waals surface area contributed by atoms with E-state index >= 15 is 0 Å². The third-order valence-electron chi connectivity index (χ3n) is 2.34. The van der Waals surface area contributed by atoms with Gasteiger partial charge in [0.1, 0.15) is 5.69 Å². The van der Waals surface area contributed by atoms with Crippen molar-refractivity contribution in [1.29, 1.82) is 0 Å². The van der Waals surface area contributed by atoms with Gasteiger partial charge in [0.25, 0.3) is 5.91 Å². The quantitative estimate of drug-likeness (QED) is 0.835. The molecule has 2 rings (SSSR count). The molecule has 0 saturated heterocycles. The molecule has 1 aromatic heterocycles. The van der Waals surface area contributed by atoms with Gasteiger partial charge in [-0.3, -0.25) is 4.79 Å². The van der Waals surface area contributed by atoms with Gasteiger partial charge >= 0.3 is 0 Å². The largest absolute Gasteiger partial charge is 0.346 e. The van der Waals surface area contributed by atoms with Crippen LogP contribution in [0, 0.1) is 0 Å². The van der Waals surface area contributed by atoms with Gasteiger partial charge in [0, 0.05) is 23.3 Å². The lowest BCUT2D eigenvalue weighted by Crippen LogP contribution is -2.43. The summed E-state index contributed by atoms with van der Waals surface area (Å²) in [5, 5.41) is 2.95. The van der Waals surface area contributed by atoms with E-state index in [1.165, 1.54) is 0 Å². The monoisotopic (exact) mass is 276 g/mol. The summed E-state index contributed by atoms with van der Waals surface area (Å²) < 4.78 is 2.96. The molecule has 3 nitrogen and oxygen atoms in total. The molecule has 0 unspecified atom stereocenters. The molecule has 0 aromatic carbocycles. The summed E-state index contributed by atoms with van der Waals surface area (Å²) >= 11 is 3.36. The lowest BCUT2D eigenvalue weighted by molar-refractivity contribution is 0.0899. The van der Waals surface area contributed by atoms with Crippen molar-refractivity contribution < 1.29 is 4.79 Å². The fourth-order valence-corrected chi connectivity index (χ4v) is 2.05. The second-order valence-electron chi connectivity index (χ2n) is 3.27. The molecule has 0 fully saturated rings. The Morgan fingerprint density at radius 1 is 1.71 bits per heavy atom. The van der Waals surface area contributed by atoms with Crippen molar-refractivity contribution in [3.05, 3.63) is 22.4 Å². The van der Waals surface area contributed by atoms with E-state index in [1.54, 1.807) is 0 Å². The molecular weight excluding hydrogens is 264 g/mol. The van der Waals surface area contributed by atoms with Crippen LogP contribution in [0.15, 0.2) is 16.7 Å². The summed E-state index contributed by atoms with van der Waals surface area (Å²) in [7, 11) is 0. The van der Waals surface area contributed by atoms with Crippen LogP contribution in [0.3, 0.4) is 0 Å². The number of hydrogen-bond donors (Lipinski definition) is 1. The van der Waals surface area contributed by atoms with Gasteiger partial charge in [0.2, 0.25) is 0 Å². The Hall–Kier alpha value is -0.420. The van der Waals surface area contributed by atoms with Crippen molar-refractivity contribution in [1.82, 2.24) is 9.88 Å². The molecule has 5 heteroatoms. The molecule has 0 spiro atoms.